The van der Waals surface area contributed by atoms with Crippen molar-refractivity contribution >= 4 is 11.5 Å². The highest BCUT2D eigenvalue weighted by Crippen LogP contribution is 2.33. The zero-order valence-electron chi connectivity index (χ0n) is 14.0. The summed E-state index contributed by atoms with van der Waals surface area (Å²) in [6.07, 6.45) is 0.416. The lowest BCUT2D eigenvalue weighted by molar-refractivity contribution is -0.137. The quantitative estimate of drug-likeness (QED) is 0.579. The van der Waals surface area contributed by atoms with Crippen LogP contribution in [-0.4, -0.2) is 19.6 Å². The lowest BCUT2D eigenvalue weighted by atomic mass is 10.1. The fourth-order valence-corrected chi connectivity index (χ4v) is 2.78. The van der Waals surface area contributed by atoms with Gasteiger partial charge in [0, 0.05) is 18.0 Å². The Kier molecular flexibility index (Phi) is 4.23. The lowest BCUT2D eigenvalue weighted by Crippen LogP contribution is -2.06. The van der Waals surface area contributed by atoms with Crippen LogP contribution < -0.4 is 5.32 Å². The van der Waals surface area contributed by atoms with Crippen LogP contribution in [0.1, 0.15) is 11.3 Å². The number of benzene rings is 1. The topological polar surface area (TPSA) is 55.1 Å². The molecule has 3 heterocycles. The van der Waals surface area contributed by atoms with E-state index in [2.05, 4.69) is 20.4 Å². The molecule has 0 bridgehead atoms. The minimum absolute atomic E-state index is 0.411. The maximum absolute atomic E-state index is 13.0. The molecule has 0 aliphatic heterocycles. The van der Waals surface area contributed by atoms with Crippen LogP contribution in [0.15, 0.2) is 67.1 Å². The van der Waals surface area contributed by atoms with Crippen molar-refractivity contribution in [1.29, 1.82) is 0 Å². The van der Waals surface area contributed by atoms with E-state index in [4.69, 9.17) is 0 Å². The molecule has 0 radical (unpaired) electrons. The van der Waals surface area contributed by atoms with E-state index in [1.165, 1.54) is 12.3 Å². The third kappa shape index (κ3) is 3.46. The van der Waals surface area contributed by atoms with E-state index in [9.17, 15) is 13.2 Å². The van der Waals surface area contributed by atoms with Crippen LogP contribution in [0.25, 0.3) is 16.8 Å². The Labute approximate surface area is 152 Å². The van der Waals surface area contributed by atoms with Crippen molar-refractivity contribution in [2.24, 2.45) is 0 Å². The second-order valence-electron chi connectivity index (χ2n) is 5.88. The summed E-state index contributed by atoms with van der Waals surface area (Å²) in [4.78, 5) is 8.53. The second kappa shape index (κ2) is 6.71. The lowest BCUT2D eigenvalue weighted by Gasteiger charge is -2.09. The summed E-state index contributed by atoms with van der Waals surface area (Å²) >= 11 is 0. The number of nitrogens with zero attached hydrogens (tertiary/aromatic N) is 4. The molecule has 0 saturated carbocycles. The average Bonchev–Trinajstić information content (AvgIpc) is 3.11. The van der Waals surface area contributed by atoms with Crippen molar-refractivity contribution in [3.05, 3.63) is 78.4 Å². The molecule has 27 heavy (non-hydrogen) atoms. The Morgan fingerprint density at radius 2 is 1.85 bits per heavy atom. The summed E-state index contributed by atoms with van der Waals surface area (Å²) in [5.41, 5.74) is 1.56. The number of rotatable bonds is 4. The van der Waals surface area contributed by atoms with Gasteiger partial charge in [0.15, 0.2) is 5.65 Å². The molecule has 5 nitrogen and oxygen atoms in total. The smallest absolute Gasteiger partial charge is 0.364 e. The maximum Gasteiger partial charge on any atom is 0.416 e. The van der Waals surface area contributed by atoms with Gasteiger partial charge < -0.3 is 5.32 Å². The summed E-state index contributed by atoms with van der Waals surface area (Å²) in [6, 6.07) is 12.5. The molecule has 0 spiro atoms. The summed E-state index contributed by atoms with van der Waals surface area (Å²) in [5.74, 6) is 0.670. The Bertz CT molecular complexity index is 1070. The Morgan fingerprint density at radius 3 is 2.63 bits per heavy atom. The van der Waals surface area contributed by atoms with Crippen molar-refractivity contribution in [3.8, 4) is 11.1 Å². The van der Waals surface area contributed by atoms with Crippen LogP contribution >= 0.6 is 0 Å². The largest absolute Gasteiger partial charge is 0.416 e. The highest BCUT2D eigenvalue weighted by molar-refractivity contribution is 5.78. The van der Waals surface area contributed by atoms with Crippen LogP contribution in [0.3, 0.4) is 0 Å². The Hall–Kier alpha value is -3.42. The standard InChI is InChI=1S/C19H14F3N5/c20-19(21,22)14-5-3-4-13(10-14)16-12-26-27-17(7-9-24-18(16)27)25-11-15-6-1-2-8-23-15/h1-10,12,25H,11H2. The fourth-order valence-electron chi connectivity index (χ4n) is 2.78. The van der Waals surface area contributed by atoms with E-state index in [-0.39, 0.29) is 0 Å². The van der Waals surface area contributed by atoms with Gasteiger partial charge >= 0.3 is 6.18 Å². The molecule has 0 aliphatic carbocycles. The van der Waals surface area contributed by atoms with Crippen LogP contribution in [0.4, 0.5) is 19.0 Å². The Morgan fingerprint density at radius 1 is 0.963 bits per heavy atom. The monoisotopic (exact) mass is 369 g/mol. The molecule has 0 atom stereocenters. The Balaban J connectivity index is 1.69. The van der Waals surface area contributed by atoms with Gasteiger partial charge in [0.1, 0.15) is 5.82 Å². The average molecular weight is 369 g/mol. The van der Waals surface area contributed by atoms with Gasteiger partial charge in [-0.25, -0.2) is 4.98 Å². The highest BCUT2D eigenvalue weighted by Gasteiger charge is 2.30. The van der Waals surface area contributed by atoms with Crippen molar-refractivity contribution in [2.45, 2.75) is 12.7 Å². The number of nitrogens with one attached hydrogen (secondary N) is 1. The maximum atomic E-state index is 13.0. The first-order valence-electron chi connectivity index (χ1n) is 8.16. The molecule has 0 amide bonds. The van der Waals surface area contributed by atoms with Crippen LogP contribution in [0, 0.1) is 0 Å². The van der Waals surface area contributed by atoms with Gasteiger partial charge in [-0.15, -0.1) is 0 Å². The zero-order valence-corrected chi connectivity index (χ0v) is 14.0. The van der Waals surface area contributed by atoms with Gasteiger partial charge in [0.05, 0.1) is 24.0 Å². The van der Waals surface area contributed by atoms with Crippen LogP contribution in [0.5, 0.6) is 0 Å². The van der Waals surface area contributed by atoms with Crippen LogP contribution in [0.2, 0.25) is 0 Å². The summed E-state index contributed by atoms with van der Waals surface area (Å²) in [6.45, 7) is 0.485. The van der Waals surface area contributed by atoms with Gasteiger partial charge in [0.25, 0.3) is 0 Å². The number of hydrogen-bond donors (Lipinski definition) is 1. The number of alkyl halides is 3. The number of aromatic nitrogens is 4. The number of anilines is 1. The van der Waals surface area contributed by atoms with Crippen LogP contribution in [-0.2, 0) is 12.7 Å². The molecule has 0 fully saturated rings. The van der Waals surface area contributed by atoms with Gasteiger partial charge in [-0.3, -0.25) is 4.98 Å². The van der Waals surface area contributed by atoms with Gasteiger partial charge in [-0.05, 0) is 35.9 Å². The molecule has 4 rings (SSSR count). The number of halogens is 3. The first-order valence-corrected chi connectivity index (χ1v) is 8.16. The minimum Gasteiger partial charge on any atom is -0.364 e. The molecule has 1 aromatic carbocycles. The minimum atomic E-state index is -4.40. The van der Waals surface area contributed by atoms with Crippen molar-refractivity contribution < 1.29 is 13.2 Å². The van der Waals surface area contributed by atoms with Crippen molar-refractivity contribution in [1.82, 2.24) is 19.6 Å². The number of fused-ring (bicyclic) bond motifs is 1. The molecule has 8 heteroatoms. The number of pyridine rings is 1. The predicted molar refractivity (Wildman–Crippen MR) is 95.0 cm³/mol. The van der Waals surface area contributed by atoms with Gasteiger partial charge in [0.2, 0.25) is 0 Å². The SMILES string of the molecule is FC(F)(F)c1cccc(-c2cnn3c(NCc4ccccn4)ccnc23)c1. The van der Waals surface area contributed by atoms with E-state index in [1.54, 1.807) is 29.0 Å². The summed E-state index contributed by atoms with van der Waals surface area (Å²) in [7, 11) is 0. The first kappa shape index (κ1) is 17.0. The molecule has 1 N–H and O–H groups in total. The summed E-state index contributed by atoms with van der Waals surface area (Å²) < 4.78 is 40.6. The first-order chi connectivity index (χ1) is 13.0. The zero-order chi connectivity index (χ0) is 18.9. The van der Waals surface area contributed by atoms with E-state index < -0.39 is 11.7 Å². The van der Waals surface area contributed by atoms with Crippen molar-refractivity contribution in [3.63, 3.8) is 0 Å². The molecule has 136 valence electrons. The molecule has 4 aromatic rings. The van der Waals surface area contributed by atoms with E-state index in [0.717, 1.165) is 17.8 Å². The molecular formula is C19H14F3N5. The molecule has 0 aliphatic rings. The third-order valence-electron chi connectivity index (χ3n) is 4.08. The third-order valence-corrected chi connectivity index (χ3v) is 4.08. The molecular weight excluding hydrogens is 355 g/mol. The molecule has 3 aromatic heterocycles. The van der Waals surface area contributed by atoms with E-state index >= 15 is 0 Å². The van der Waals surface area contributed by atoms with Gasteiger partial charge in [-0.2, -0.15) is 22.8 Å². The molecule has 0 saturated heterocycles. The van der Waals surface area contributed by atoms with E-state index in [0.29, 0.717) is 29.1 Å². The van der Waals surface area contributed by atoms with Gasteiger partial charge in [-0.1, -0.05) is 18.2 Å². The van der Waals surface area contributed by atoms with Crippen molar-refractivity contribution in [2.75, 3.05) is 5.32 Å². The normalized spacial score (nSPS) is 11.7. The summed E-state index contributed by atoms with van der Waals surface area (Å²) in [5, 5.41) is 7.51. The highest BCUT2D eigenvalue weighted by atomic mass is 19.4. The second-order valence-corrected chi connectivity index (χ2v) is 5.88. The van der Waals surface area contributed by atoms with E-state index in [1.807, 2.05) is 18.2 Å². The number of hydrogen-bond acceptors (Lipinski definition) is 4. The fraction of sp³-hybridized carbons (Fsp3) is 0.105. The predicted octanol–water partition coefficient (Wildman–Crippen LogP) is 4.42. The molecule has 0 unspecified atom stereocenters.